The normalized spacial score (nSPS) is 11.3. The van der Waals surface area contributed by atoms with Gasteiger partial charge in [-0.3, -0.25) is 4.79 Å². The third-order valence-corrected chi connectivity index (χ3v) is 7.00. The summed E-state index contributed by atoms with van der Waals surface area (Å²) in [5, 5.41) is 2.58. The van der Waals surface area contributed by atoms with E-state index in [1.165, 1.54) is 20.2 Å². The number of hydrogen-bond donors (Lipinski definition) is 1. The van der Waals surface area contributed by atoms with Crippen LogP contribution in [0.5, 0.6) is 0 Å². The maximum atomic E-state index is 12.6. The van der Waals surface area contributed by atoms with E-state index >= 15 is 0 Å². The summed E-state index contributed by atoms with van der Waals surface area (Å²) in [6.07, 6.45) is 0.560. The molecular weight excluding hydrogens is 440 g/mol. The molecule has 3 rings (SSSR count). The Morgan fingerprint density at radius 2 is 1.61 bits per heavy atom. The van der Waals surface area contributed by atoms with Gasteiger partial charge < -0.3 is 10.1 Å². The van der Waals surface area contributed by atoms with Crippen LogP contribution in [0, 0.1) is 6.92 Å². The zero-order chi connectivity index (χ0) is 24.0. The van der Waals surface area contributed by atoms with Gasteiger partial charge in [-0.1, -0.05) is 54.6 Å². The van der Waals surface area contributed by atoms with Crippen LogP contribution in [0.15, 0.2) is 77.7 Å². The summed E-state index contributed by atoms with van der Waals surface area (Å²) in [5.74, 6) is -1.17. The number of aryl methyl sites for hydroxylation is 1. The third-order valence-electron chi connectivity index (χ3n) is 5.04. The van der Waals surface area contributed by atoms with Gasteiger partial charge in [-0.15, -0.1) is 0 Å². The highest BCUT2D eigenvalue weighted by molar-refractivity contribution is 7.89. The zero-order valence-electron chi connectivity index (χ0n) is 18.7. The summed E-state index contributed by atoms with van der Waals surface area (Å²) in [5.41, 5.74) is 3.10. The number of ether oxygens (including phenoxy) is 1. The Bertz CT molecular complexity index is 1250. The van der Waals surface area contributed by atoms with Crippen molar-refractivity contribution in [1.82, 2.24) is 4.31 Å². The molecule has 1 N–H and O–H groups in total. The molecule has 0 aliphatic heterocycles. The minimum absolute atomic E-state index is 0.0946. The van der Waals surface area contributed by atoms with Crippen molar-refractivity contribution < 1.29 is 22.7 Å². The van der Waals surface area contributed by atoms with Crippen molar-refractivity contribution in [2.45, 2.75) is 18.2 Å². The molecule has 0 aliphatic rings. The highest BCUT2D eigenvalue weighted by atomic mass is 32.2. The van der Waals surface area contributed by atoms with Crippen LogP contribution >= 0.6 is 0 Å². The Balaban J connectivity index is 1.66. The number of amides is 1. The molecule has 0 saturated carbocycles. The molecular formula is C25H26N2O5S. The van der Waals surface area contributed by atoms with Crippen molar-refractivity contribution >= 4 is 27.6 Å². The zero-order valence-corrected chi connectivity index (χ0v) is 19.6. The molecule has 0 radical (unpaired) electrons. The first kappa shape index (κ1) is 24.2. The second kappa shape index (κ2) is 10.4. The fourth-order valence-electron chi connectivity index (χ4n) is 3.25. The predicted octanol–water partition coefficient (Wildman–Crippen LogP) is 3.63. The number of carbonyl (C=O) groups excluding carboxylic acids is 2. The average molecular weight is 467 g/mol. The van der Waals surface area contributed by atoms with Crippen LogP contribution < -0.4 is 5.32 Å². The van der Waals surface area contributed by atoms with Gasteiger partial charge in [0.25, 0.3) is 5.91 Å². The lowest BCUT2D eigenvalue weighted by atomic mass is 10.00. The number of rotatable bonds is 8. The second-order valence-corrected chi connectivity index (χ2v) is 9.83. The lowest BCUT2D eigenvalue weighted by molar-refractivity contribution is -0.119. The largest absolute Gasteiger partial charge is 0.452 e. The van der Waals surface area contributed by atoms with E-state index in [2.05, 4.69) is 5.32 Å². The van der Waals surface area contributed by atoms with Crippen molar-refractivity contribution in [3.63, 3.8) is 0 Å². The van der Waals surface area contributed by atoms with Crippen molar-refractivity contribution in [3.05, 3.63) is 95.1 Å². The van der Waals surface area contributed by atoms with E-state index in [1.54, 1.807) is 31.2 Å². The molecule has 0 heterocycles. The van der Waals surface area contributed by atoms with Gasteiger partial charge in [0.1, 0.15) is 0 Å². The Hall–Kier alpha value is -3.49. The van der Waals surface area contributed by atoms with E-state index < -0.39 is 28.5 Å². The minimum atomic E-state index is -3.66. The first-order chi connectivity index (χ1) is 15.7. The number of carbonyl (C=O) groups is 2. The molecule has 0 unspecified atom stereocenters. The number of nitrogens with one attached hydrogen (secondary N) is 1. The second-order valence-electron chi connectivity index (χ2n) is 7.71. The maximum Gasteiger partial charge on any atom is 0.338 e. The maximum absolute atomic E-state index is 12.6. The van der Waals surface area contributed by atoms with Crippen molar-refractivity contribution in [2.24, 2.45) is 0 Å². The summed E-state index contributed by atoms with van der Waals surface area (Å²) in [6, 6.07) is 21.4. The van der Waals surface area contributed by atoms with Gasteiger partial charge in [0, 0.05) is 19.8 Å². The van der Waals surface area contributed by atoms with Gasteiger partial charge in [0.15, 0.2) is 6.61 Å². The lowest BCUT2D eigenvalue weighted by Crippen LogP contribution is -2.24. The fourth-order valence-corrected chi connectivity index (χ4v) is 4.39. The highest BCUT2D eigenvalue weighted by Crippen LogP contribution is 2.22. The smallest absolute Gasteiger partial charge is 0.338 e. The van der Waals surface area contributed by atoms with Crippen molar-refractivity contribution in [2.75, 3.05) is 26.0 Å². The molecule has 1 amide bonds. The van der Waals surface area contributed by atoms with Crippen LogP contribution in [0.3, 0.4) is 0 Å². The van der Waals surface area contributed by atoms with Crippen LogP contribution in [0.4, 0.5) is 5.69 Å². The lowest BCUT2D eigenvalue weighted by Gasteiger charge is -2.15. The number of benzene rings is 3. The monoisotopic (exact) mass is 466 g/mol. The minimum Gasteiger partial charge on any atom is -0.452 e. The van der Waals surface area contributed by atoms with Gasteiger partial charge in [-0.2, -0.15) is 0 Å². The molecule has 0 bridgehead atoms. The van der Waals surface area contributed by atoms with Crippen LogP contribution in [-0.2, 0) is 26.0 Å². The number of hydrogen-bond acceptors (Lipinski definition) is 5. The van der Waals surface area contributed by atoms with Crippen LogP contribution in [-0.4, -0.2) is 45.3 Å². The van der Waals surface area contributed by atoms with Gasteiger partial charge in [-0.25, -0.2) is 17.5 Å². The van der Waals surface area contributed by atoms with E-state index in [0.717, 1.165) is 15.4 Å². The predicted molar refractivity (Wildman–Crippen MR) is 127 cm³/mol. The summed E-state index contributed by atoms with van der Waals surface area (Å²) < 4.78 is 31.3. The summed E-state index contributed by atoms with van der Waals surface area (Å²) in [4.78, 5) is 25.1. The SMILES string of the molecule is Cc1ccc(NC(=O)COC(=O)c2ccccc2Cc2ccccc2)cc1S(=O)(=O)N(C)C. The average Bonchev–Trinajstić information content (AvgIpc) is 2.79. The van der Waals surface area contributed by atoms with E-state index in [0.29, 0.717) is 23.2 Å². The summed E-state index contributed by atoms with van der Waals surface area (Å²) in [6.45, 7) is 1.18. The molecule has 0 saturated heterocycles. The standard InChI is InChI=1S/C25H26N2O5S/c1-18-13-14-21(16-23(18)33(30,31)27(2)3)26-24(28)17-32-25(29)22-12-8-7-11-20(22)15-19-9-5-4-6-10-19/h4-14,16H,15,17H2,1-3H3,(H,26,28). The number of anilines is 1. The van der Waals surface area contributed by atoms with Gasteiger partial charge in [-0.05, 0) is 48.2 Å². The van der Waals surface area contributed by atoms with E-state index in [9.17, 15) is 18.0 Å². The van der Waals surface area contributed by atoms with Crippen molar-refractivity contribution in [3.8, 4) is 0 Å². The molecule has 0 fully saturated rings. The first-order valence-electron chi connectivity index (χ1n) is 10.3. The van der Waals surface area contributed by atoms with Gasteiger partial charge in [0.05, 0.1) is 10.5 Å². The molecule has 33 heavy (non-hydrogen) atoms. The molecule has 3 aromatic carbocycles. The molecule has 0 spiro atoms. The Morgan fingerprint density at radius 1 is 0.939 bits per heavy atom. The van der Waals surface area contributed by atoms with Gasteiger partial charge in [0.2, 0.25) is 10.0 Å². The van der Waals surface area contributed by atoms with Crippen LogP contribution in [0.25, 0.3) is 0 Å². The highest BCUT2D eigenvalue weighted by Gasteiger charge is 2.21. The van der Waals surface area contributed by atoms with Crippen molar-refractivity contribution in [1.29, 1.82) is 0 Å². The quantitative estimate of drug-likeness (QED) is 0.512. The van der Waals surface area contributed by atoms with Crippen LogP contribution in [0.2, 0.25) is 0 Å². The third kappa shape index (κ3) is 6.06. The Labute approximate surface area is 194 Å². The van der Waals surface area contributed by atoms with Crippen LogP contribution in [0.1, 0.15) is 27.0 Å². The van der Waals surface area contributed by atoms with E-state index in [4.69, 9.17) is 4.74 Å². The molecule has 8 heteroatoms. The Morgan fingerprint density at radius 3 is 2.30 bits per heavy atom. The molecule has 172 valence electrons. The van der Waals surface area contributed by atoms with E-state index in [1.807, 2.05) is 42.5 Å². The molecule has 3 aromatic rings. The summed E-state index contributed by atoms with van der Waals surface area (Å²) in [7, 11) is -0.782. The molecule has 0 aliphatic carbocycles. The Kier molecular flexibility index (Phi) is 7.63. The molecule has 0 aromatic heterocycles. The topological polar surface area (TPSA) is 92.8 Å². The molecule has 7 nitrogen and oxygen atoms in total. The first-order valence-corrected chi connectivity index (χ1v) is 11.7. The fraction of sp³-hybridized carbons (Fsp3) is 0.200. The number of esters is 1. The van der Waals surface area contributed by atoms with E-state index in [-0.39, 0.29) is 4.90 Å². The molecule has 0 atom stereocenters. The number of nitrogens with zero attached hydrogens (tertiary/aromatic N) is 1. The summed E-state index contributed by atoms with van der Waals surface area (Å²) >= 11 is 0. The number of sulfonamides is 1. The van der Waals surface area contributed by atoms with Gasteiger partial charge >= 0.3 is 5.97 Å².